The molecule has 0 saturated heterocycles. The average Bonchev–Trinajstić information content (AvgIpc) is 2.95. The van der Waals surface area contributed by atoms with Gasteiger partial charge in [-0.15, -0.1) is 0 Å². The lowest BCUT2D eigenvalue weighted by molar-refractivity contribution is -0.143. The Hall–Kier alpha value is -2.28. The topological polar surface area (TPSA) is 63.5 Å². The monoisotopic (exact) mass is 417 g/mol. The lowest BCUT2D eigenvalue weighted by Gasteiger charge is -2.13. The molecule has 0 unspecified atom stereocenters. The molecule has 2 rings (SSSR count). The van der Waals surface area contributed by atoms with Crippen molar-refractivity contribution < 1.29 is 35.2 Å². The Morgan fingerprint density at radius 1 is 1.12 bits per heavy atom. The Morgan fingerprint density at radius 2 is 1.69 bits per heavy atom. The molecule has 2 aromatic rings. The Labute approximate surface area is 150 Å². The Balaban J connectivity index is 2.35. The summed E-state index contributed by atoms with van der Waals surface area (Å²) in [7, 11) is 0. The van der Waals surface area contributed by atoms with Crippen molar-refractivity contribution in [3.63, 3.8) is 0 Å². The molecular formula is C13H6F7N3OS2. The van der Waals surface area contributed by atoms with E-state index in [0.717, 1.165) is 12.3 Å². The average molecular weight is 417 g/mol. The molecule has 1 aromatic heterocycles. The van der Waals surface area contributed by atoms with Crippen molar-refractivity contribution in [2.24, 2.45) is 10.8 Å². The number of halogens is 7. The van der Waals surface area contributed by atoms with Crippen LogP contribution >= 0.6 is 24.0 Å². The molecule has 0 saturated carbocycles. The number of nitrogens with zero attached hydrogens (tertiary/aromatic N) is 1. The zero-order valence-corrected chi connectivity index (χ0v) is 13.8. The third-order valence-corrected chi connectivity index (χ3v) is 3.75. The van der Waals surface area contributed by atoms with E-state index in [4.69, 9.17) is 10.2 Å². The van der Waals surface area contributed by atoms with Crippen LogP contribution in [0.4, 0.5) is 30.7 Å². The van der Waals surface area contributed by atoms with Crippen LogP contribution in [0.1, 0.15) is 11.3 Å². The van der Waals surface area contributed by atoms with Gasteiger partial charge in [0.2, 0.25) is 0 Å². The fourth-order valence-electron chi connectivity index (χ4n) is 1.67. The van der Waals surface area contributed by atoms with Crippen molar-refractivity contribution in [3.8, 4) is 0 Å². The molecule has 0 fully saturated rings. The highest BCUT2D eigenvalue weighted by Crippen LogP contribution is 2.41. The third-order valence-electron chi connectivity index (χ3n) is 2.68. The van der Waals surface area contributed by atoms with E-state index in [2.05, 4.69) is 22.7 Å². The van der Waals surface area contributed by atoms with E-state index in [9.17, 15) is 30.7 Å². The molecule has 1 heterocycles. The van der Waals surface area contributed by atoms with Gasteiger partial charge in [0, 0.05) is 0 Å². The second-order valence-corrected chi connectivity index (χ2v) is 5.91. The largest absolute Gasteiger partial charge is 0.448 e. The quantitative estimate of drug-likeness (QED) is 0.257. The maximum atomic E-state index is 13.8. The zero-order chi connectivity index (χ0) is 19.6. The van der Waals surface area contributed by atoms with Crippen LogP contribution in [-0.4, -0.2) is 11.3 Å². The molecule has 0 atom stereocenters. The van der Waals surface area contributed by atoms with Gasteiger partial charge in [-0.1, -0.05) is 0 Å². The first-order valence-corrected chi connectivity index (χ1v) is 7.54. The zero-order valence-electron chi connectivity index (χ0n) is 12.1. The molecule has 0 aliphatic rings. The summed E-state index contributed by atoms with van der Waals surface area (Å²) in [4.78, 5) is -1.33. The number of benzene rings is 1. The highest BCUT2D eigenvalue weighted by molar-refractivity contribution is 7.99. The fourth-order valence-corrected chi connectivity index (χ4v) is 2.56. The number of hydrazone groups is 1. The van der Waals surface area contributed by atoms with Gasteiger partial charge in [0.05, 0.1) is 11.1 Å². The molecule has 1 aromatic carbocycles. The van der Waals surface area contributed by atoms with Gasteiger partial charge in [0.15, 0.2) is 33.5 Å². The molecule has 26 heavy (non-hydrogen) atoms. The number of thiocarbonyl (C=S) groups is 1. The molecule has 0 aliphatic carbocycles. The van der Waals surface area contributed by atoms with Crippen molar-refractivity contribution in [2.45, 2.75) is 16.2 Å². The highest BCUT2D eigenvalue weighted by Gasteiger charge is 2.42. The van der Waals surface area contributed by atoms with Gasteiger partial charge in [-0.2, -0.15) is 18.3 Å². The maximum absolute atomic E-state index is 13.8. The van der Waals surface area contributed by atoms with Crippen molar-refractivity contribution in [1.29, 1.82) is 0 Å². The van der Waals surface area contributed by atoms with Crippen LogP contribution in [0.2, 0.25) is 0 Å². The standard InChI is InChI=1S/C13H6F7N3OS2/c14-7-6(13(18,19)20)8(15)10(17)11(9(7)16)26-5-2-1-4(24-5)3-22-23-12(21)25/h1-3H,(H3,21,23,25). The van der Waals surface area contributed by atoms with Crippen LogP contribution < -0.4 is 11.2 Å². The first kappa shape index (κ1) is 20.0. The van der Waals surface area contributed by atoms with E-state index >= 15 is 0 Å². The molecule has 3 N–H and O–H groups in total. The summed E-state index contributed by atoms with van der Waals surface area (Å²) >= 11 is 4.53. The molecule has 140 valence electrons. The molecular weight excluding hydrogens is 411 g/mol. The summed E-state index contributed by atoms with van der Waals surface area (Å²) < 4.78 is 97.4. The predicted molar refractivity (Wildman–Crippen MR) is 81.6 cm³/mol. The van der Waals surface area contributed by atoms with Crippen LogP contribution in [-0.2, 0) is 6.18 Å². The van der Waals surface area contributed by atoms with E-state index in [-0.39, 0.29) is 27.7 Å². The van der Waals surface area contributed by atoms with E-state index in [1.54, 1.807) is 0 Å². The van der Waals surface area contributed by atoms with E-state index in [1.165, 1.54) is 6.07 Å². The number of hydrogen-bond donors (Lipinski definition) is 2. The molecule has 0 spiro atoms. The van der Waals surface area contributed by atoms with Gasteiger partial charge < -0.3 is 10.2 Å². The Morgan fingerprint density at radius 3 is 2.19 bits per heavy atom. The first-order chi connectivity index (χ1) is 12.0. The predicted octanol–water partition coefficient (Wildman–Crippen LogP) is 4.17. The SMILES string of the molecule is NC(=S)NN=Cc1ccc(Sc2c(F)c(F)c(C(F)(F)F)c(F)c2F)o1. The minimum atomic E-state index is -5.61. The van der Waals surface area contributed by atoms with Crippen LogP contribution in [0.15, 0.2) is 31.6 Å². The second-order valence-electron chi connectivity index (χ2n) is 4.45. The first-order valence-electron chi connectivity index (χ1n) is 6.31. The molecule has 0 amide bonds. The van der Waals surface area contributed by atoms with Gasteiger partial charge in [-0.25, -0.2) is 17.6 Å². The van der Waals surface area contributed by atoms with Gasteiger partial charge in [0.25, 0.3) is 0 Å². The summed E-state index contributed by atoms with van der Waals surface area (Å²) in [5.41, 5.74) is 4.65. The number of alkyl halides is 3. The van der Waals surface area contributed by atoms with Crippen LogP contribution in [0.5, 0.6) is 0 Å². The summed E-state index contributed by atoms with van der Waals surface area (Å²) in [6.45, 7) is 0. The lowest BCUT2D eigenvalue weighted by atomic mass is 10.1. The molecule has 0 bridgehead atoms. The van der Waals surface area contributed by atoms with Crippen LogP contribution in [0, 0.1) is 23.3 Å². The summed E-state index contributed by atoms with van der Waals surface area (Å²) in [5, 5.41) is 3.11. The van der Waals surface area contributed by atoms with E-state index < -0.39 is 39.9 Å². The number of nitrogens with two attached hydrogens (primary N) is 1. The molecule has 0 radical (unpaired) electrons. The van der Waals surface area contributed by atoms with Crippen molar-refractivity contribution in [1.82, 2.24) is 5.43 Å². The van der Waals surface area contributed by atoms with Crippen molar-refractivity contribution in [3.05, 3.63) is 46.7 Å². The van der Waals surface area contributed by atoms with E-state index in [0.29, 0.717) is 0 Å². The summed E-state index contributed by atoms with van der Waals surface area (Å²) in [6.07, 6.45) is -4.53. The number of furan rings is 1. The number of nitrogens with one attached hydrogen (secondary N) is 1. The van der Waals surface area contributed by atoms with Crippen molar-refractivity contribution in [2.75, 3.05) is 0 Å². The van der Waals surface area contributed by atoms with Crippen molar-refractivity contribution >= 4 is 35.3 Å². The minimum Gasteiger partial charge on any atom is -0.448 e. The maximum Gasteiger partial charge on any atom is 0.422 e. The summed E-state index contributed by atoms with van der Waals surface area (Å²) in [6, 6.07) is 2.42. The third kappa shape index (κ3) is 4.27. The minimum absolute atomic E-state index is 0.0323. The molecule has 13 heteroatoms. The lowest BCUT2D eigenvalue weighted by Crippen LogP contribution is -2.23. The molecule has 0 aliphatic heterocycles. The summed E-state index contributed by atoms with van der Waals surface area (Å²) in [5.74, 6) is -9.45. The molecule has 4 nitrogen and oxygen atoms in total. The highest BCUT2D eigenvalue weighted by atomic mass is 32.2. The van der Waals surface area contributed by atoms with Gasteiger partial charge in [0.1, 0.15) is 11.3 Å². The van der Waals surface area contributed by atoms with Gasteiger partial charge >= 0.3 is 6.18 Å². The van der Waals surface area contributed by atoms with Gasteiger partial charge in [-0.3, -0.25) is 5.43 Å². The van der Waals surface area contributed by atoms with E-state index in [1.807, 2.05) is 0 Å². The second kappa shape index (κ2) is 7.53. The van der Waals surface area contributed by atoms with Crippen LogP contribution in [0.3, 0.4) is 0 Å². The fraction of sp³-hybridized carbons (Fsp3) is 0.0769. The Bertz CT molecular complexity index is 850. The smallest absolute Gasteiger partial charge is 0.422 e. The number of rotatable bonds is 4. The normalized spacial score (nSPS) is 12.0. The Kier molecular flexibility index (Phi) is 5.81. The number of hydrogen-bond acceptors (Lipinski definition) is 4. The van der Waals surface area contributed by atoms with Crippen LogP contribution in [0.25, 0.3) is 0 Å². The van der Waals surface area contributed by atoms with Gasteiger partial charge in [-0.05, 0) is 36.1 Å².